The van der Waals surface area contributed by atoms with E-state index < -0.39 is 12.1 Å². The van der Waals surface area contributed by atoms with E-state index in [4.69, 9.17) is 4.74 Å². The Morgan fingerprint density at radius 3 is 0.816 bits per heavy atom. The second-order valence-corrected chi connectivity index (χ2v) is 27.4. The van der Waals surface area contributed by atoms with Gasteiger partial charge in [0.15, 0.2) is 0 Å². The number of ether oxygens (including phenoxy) is 1. The topological polar surface area (TPSA) is 95.9 Å². The van der Waals surface area contributed by atoms with Gasteiger partial charge in [-0.2, -0.15) is 0 Å². The highest BCUT2D eigenvalue weighted by Crippen LogP contribution is 2.19. The summed E-state index contributed by atoms with van der Waals surface area (Å²) in [6.45, 7) is 4.94. The van der Waals surface area contributed by atoms with E-state index in [1.54, 1.807) is 6.08 Å². The Kier molecular flexibility index (Phi) is 74.8. The molecule has 0 aromatic heterocycles. The predicted molar refractivity (Wildman–Crippen MR) is 384 cm³/mol. The molecule has 0 rings (SSSR count). The number of unbranched alkanes of at least 4 members (excludes halogenated alkanes) is 60. The van der Waals surface area contributed by atoms with E-state index in [0.717, 1.165) is 44.9 Å². The lowest BCUT2D eigenvalue weighted by atomic mass is 10.0. The van der Waals surface area contributed by atoms with Crippen LogP contribution in [-0.4, -0.2) is 47.4 Å². The van der Waals surface area contributed by atoms with Crippen LogP contribution in [0.2, 0.25) is 0 Å². The van der Waals surface area contributed by atoms with Crippen LogP contribution >= 0.6 is 0 Å². The first-order chi connectivity index (χ1) is 43.0. The van der Waals surface area contributed by atoms with Gasteiger partial charge in [0.1, 0.15) is 0 Å². The second-order valence-electron chi connectivity index (χ2n) is 27.4. The molecule has 0 bridgehead atoms. The number of aliphatic hydroxyl groups excluding tert-OH is 2. The molecular weight excluding hydrogens is 1070 g/mol. The number of rotatable bonds is 75. The molecule has 514 valence electrons. The molecule has 0 aromatic rings. The van der Waals surface area contributed by atoms with Gasteiger partial charge in [0.05, 0.1) is 25.4 Å². The van der Waals surface area contributed by atoms with Crippen molar-refractivity contribution in [2.75, 3.05) is 13.2 Å². The second kappa shape index (κ2) is 76.5. The van der Waals surface area contributed by atoms with Crippen molar-refractivity contribution in [3.63, 3.8) is 0 Å². The third-order valence-electron chi connectivity index (χ3n) is 18.6. The molecule has 87 heavy (non-hydrogen) atoms. The van der Waals surface area contributed by atoms with Gasteiger partial charge in [-0.3, -0.25) is 9.59 Å². The van der Waals surface area contributed by atoms with Gasteiger partial charge in [-0.05, 0) is 83.5 Å². The molecule has 0 aliphatic heterocycles. The van der Waals surface area contributed by atoms with Crippen LogP contribution in [0.5, 0.6) is 0 Å². The van der Waals surface area contributed by atoms with Crippen molar-refractivity contribution in [2.45, 2.75) is 456 Å². The van der Waals surface area contributed by atoms with Crippen molar-refractivity contribution in [1.82, 2.24) is 5.32 Å². The average molecular weight is 1220 g/mol. The van der Waals surface area contributed by atoms with Crippen LogP contribution in [0.4, 0.5) is 0 Å². The van der Waals surface area contributed by atoms with E-state index in [1.165, 1.54) is 372 Å². The van der Waals surface area contributed by atoms with E-state index >= 15 is 0 Å². The zero-order valence-corrected chi connectivity index (χ0v) is 59.0. The first-order valence-electron chi connectivity index (χ1n) is 39.8. The Bertz CT molecular complexity index is 1410. The van der Waals surface area contributed by atoms with Gasteiger partial charge in [-0.25, -0.2) is 0 Å². The van der Waals surface area contributed by atoms with Crippen molar-refractivity contribution in [1.29, 1.82) is 0 Å². The molecule has 0 heterocycles. The standard InChI is InChI=1S/C81H155NO5/c1-3-5-7-9-11-13-15-17-19-20-40-43-46-49-53-57-61-65-69-73-79(84)78(77-83)82-80(85)74-70-66-62-58-54-50-47-44-41-38-36-34-32-30-28-26-24-22-21-23-25-27-29-31-33-35-37-39-42-45-48-52-56-60-64-68-72-76-87-81(86)75-71-67-63-59-55-51-18-16-14-12-10-8-6-4-2/h16,18,21,23,69,73,78-79,83-84H,3-15,17,19-20,22,24-68,70-72,74-77H2,1-2H3,(H,82,85)/b18-16-,23-21-,73-69+. The summed E-state index contributed by atoms with van der Waals surface area (Å²) in [5, 5.41) is 23.3. The molecule has 0 aliphatic carbocycles. The number of hydrogen-bond acceptors (Lipinski definition) is 5. The predicted octanol–water partition coefficient (Wildman–Crippen LogP) is 26.2. The third kappa shape index (κ3) is 73.0. The lowest BCUT2D eigenvalue weighted by Crippen LogP contribution is -2.45. The molecular formula is C81H155NO5. The van der Waals surface area contributed by atoms with Crippen LogP contribution < -0.4 is 5.32 Å². The summed E-state index contributed by atoms with van der Waals surface area (Å²) >= 11 is 0. The Hall–Kier alpha value is -1.92. The molecule has 0 spiro atoms. The molecule has 0 aromatic carbocycles. The minimum absolute atomic E-state index is 0.0133. The van der Waals surface area contributed by atoms with Crippen molar-refractivity contribution < 1.29 is 24.5 Å². The summed E-state index contributed by atoms with van der Waals surface area (Å²) in [6.07, 6.45) is 99.9. The van der Waals surface area contributed by atoms with E-state index in [2.05, 4.69) is 43.5 Å². The van der Waals surface area contributed by atoms with Crippen LogP contribution in [0, 0.1) is 0 Å². The molecule has 6 heteroatoms. The molecule has 0 aliphatic rings. The highest BCUT2D eigenvalue weighted by atomic mass is 16.5. The molecule has 2 atom stereocenters. The summed E-state index contributed by atoms with van der Waals surface area (Å²) in [4.78, 5) is 24.6. The molecule has 0 fully saturated rings. The largest absolute Gasteiger partial charge is 0.466 e. The number of carbonyl (C=O) groups is 2. The lowest BCUT2D eigenvalue weighted by Gasteiger charge is -2.20. The number of esters is 1. The van der Waals surface area contributed by atoms with Crippen molar-refractivity contribution in [3.8, 4) is 0 Å². The summed E-state index contributed by atoms with van der Waals surface area (Å²) in [6, 6.07) is -0.626. The molecule has 1 amide bonds. The Morgan fingerprint density at radius 1 is 0.310 bits per heavy atom. The fourth-order valence-corrected chi connectivity index (χ4v) is 12.6. The van der Waals surface area contributed by atoms with Crippen LogP contribution in [-0.2, 0) is 14.3 Å². The van der Waals surface area contributed by atoms with Gasteiger partial charge in [0.25, 0.3) is 0 Å². The SMILES string of the molecule is CCCCCCC/C=C\CCCCCCCC(=O)OCCCCCCCCCCCCCCCCCC/C=C\CCCCCCCCCCCCCCCCCCCC(=O)NC(CO)C(O)/C=C/CCCCCCCCCCCCCCCCCCC. The minimum Gasteiger partial charge on any atom is -0.466 e. The quantitative estimate of drug-likeness (QED) is 0.0320. The molecule has 0 saturated carbocycles. The number of aliphatic hydroxyl groups is 2. The smallest absolute Gasteiger partial charge is 0.305 e. The number of hydrogen-bond donors (Lipinski definition) is 3. The maximum Gasteiger partial charge on any atom is 0.305 e. The van der Waals surface area contributed by atoms with Crippen LogP contribution in [0.3, 0.4) is 0 Å². The zero-order chi connectivity index (χ0) is 62.8. The third-order valence-corrected chi connectivity index (χ3v) is 18.6. The Morgan fingerprint density at radius 2 is 0.540 bits per heavy atom. The maximum atomic E-state index is 12.5. The molecule has 6 nitrogen and oxygen atoms in total. The van der Waals surface area contributed by atoms with Crippen molar-refractivity contribution in [3.05, 3.63) is 36.5 Å². The van der Waals surface area contributed by atoms with E-state index in [9.17, 15) is 19.8 Å². The normalized spacial score (nSPS) is 12.6. The van der Waals surface area contributed by atoms with Gasteiger partial charge in [-0.1, -0.05) is 384 Å². The molecule has 0 radical (unpaired) electrons. The van der Waals surface area contributed by atoms with Gasteiger partial charge in [-0.15, -0.1) is 0 Å². The number of carbonyl (C=O) groups excluding carboxylic acids is 2. The van der Waals surface area contributed by atoms with Gasteiger partial charge in [0, 0.05) is 12.8 Å². The summed E-state index contributed by atoms with van der Waals surface area (Å²) in [7, 11) is 0. The van der Waals surface area contributed by atoms with Gasteiger partial charge < -0.3 is 20.3 Å². The highest BCUT2D eigenvalue weighted by molar-refractivity contribution is 5.76. The Labute approximate surface area is 544 Å². The lowest BCUT2D eigenvalue weighted by molar-refractivity contribution is -0.143. The van der Waals surface area contributed by atoms with E-state index in [1.807, 2.05) is 6.08 Å². The molecule has 0 saturated heterocycles. The number of allylic oxidation sites excluding steroid dienone is 5. The highest BCUT2D eigenvalue weighted by Gasteiger charge is 2.18. The number of nitrogens with one attached hydrogen (secondary N) is 1. The summed E-state index contributed by atoms with van der Waals surface area (Å²) < 4.78 is 5.49. The van der Waals surface area contributed by atoms with Crippen LogP contribution in [0.1, 0.15) is 444 Å². The minimum atomic E-state index is -0.842. The van der Waals surface area contributed by atoms with E-state index in [0.29, 0.717) is 19.4 Å². The van der Waals surface area contributed by atoms with Gasteiger partial charge >= 0.3 is 5.97 Å². The van der Waals surface area contributed by atoms with E-state index in [-0.39, 0.29) is 18.5 Å². The number of amides is 1. The Balaban J connectivity index is 3.35. The van der Waals surface area contributed by atoms with Gasteiger partial charge in [0.2, 0.25) is 5.91 Å². The van der Waals surface area contributed by atoms with Crippen LogP contribution in [0.25, 0.3) is 0 Å². The summed E-state index contributed by atoms with van der Waals surface area (Å²) in [5.74, 6) is -0.0467. The van der Waals surface area contributed by atoms with Crippen molar-refractivity contribution in [2.24, 2.45) is 0 Å². The monoisotopic (exact) mass is 1220 g/mol. The maximum absolute atomic E-state index is 12.5. The van der Waals surface area contributed by atoms with Crippen molar-refractivity contribution >= 4 is 11.9 Å². The average Bonchev–Trinajstić information content (AvgIpc) is 3.54. The first-order valence-corrected chi connectivity index (χ1v) is 39.8. The fraction of sp³-hybridized carbons (Fsp3) is 0.901. The zero-order valence-electron chi connectivity index (χ0n) is 59.0. The molecule has 2 unspecified atom stereocenters. The summed E-state index contributed by atoms with van der Waals surface area (Å²) in [5.41, 5.74) is 0. The molecule has 3 N–H and O–H groups in total. The van der Waals surface area contributed by atoms with Crippen LogP contribution in [0.15, 0.2) is 36.5 Å². The fourth-order valence-electron chi connectivity index (χ4n) is 12.6. The first kappa shape index (κ1) is 85.1.